The van der Waals surface area contributed by atoms with Crippen LogP contribution in [0, 0.1) is 0 Å². The molecule has 20 heavy (non-hydrogen) atoms. The van der Waals surface area contributed by atoms with E-state index in [2.05, 4.69) is 9.97 Å². The Balaban J connectivity index is 2.30. The lowest BCUT2D eigenvalue weighted by atomic mass is 10.1. The van der Waals surface area contributed by atoms with Crippen molar-refractivity contribution in [1.82, 2.24) is 9.97 Å². The molecule has 6 nitrogen and oxygen atoms in total. The number of carbonyl (C=O) groups is 1. The number of rotatable bonds is 4. The third kappa shape index (κ3) is 2.85. The predicted octanol–water partition coefficient (Wildman–Crippen LogP) is 2.07. The molecule has 2 aromatic rings. The van der Waals surface area contributed by atoms with Gasteiger partial charge >= 0.3 is 0 Å². The van der Waals surface area contributed by atoms with E-state index in [-0.39, 0.29) is 5.92 Å². The molecule has 104 valence electrons. The van der Waals surface area contributed by atoms with Crippen LogP contribution in [0.3, 0.4) is 0 Å². The molecule has 1 heterocycles. The van der Waals surface area contributed by atoms with Crippen molar-refractivity contribution in [3.05, 3.63) is 41.7 Å². The first-order valence-electron chi connectivity index (χ1n) is 6.17. The van der Waals surface area contributed by atoms with Gasteiger partial charge in [0.2, 0.25) is 11.8 Å². The highest BCUT2D eigenvalue weighted by atomic mass is 16.5. The zero-order chi connectivity index (χ0) is 14.7. The van der Waals surface area contributed by atoms with Gasteiger partial charge < -0.3 is 16.2 Å². The minimum absolute atomic E-state index is 0.135. The van der Waals surface area contributed by atoms with Gasteiger partial charge in [0.1, 0.15) is 17.9 Å². The van der Waals surface area contributed by atoms with Crippen LogP contribution in [0.25, 0.3) is 0 Å². The molecule has 2 rings (SSSR count). The quantitative estimate of drug-likeness (QED) is 0.886. The fourth-order valence-electron chi connectivity index (χ4n) is 1.82. The van der Waals surface area contributed by atoms with E-state index in [4.69, 9.17) is 16.2 Å². The van der Waals surface area contributed by atoms with Crippen LogP contribution in [0.1, 0.15) is 35.7 Å². The second-order valence-electron chi connectivity index (χ2n) is 4.62. The van der Waals surface area contributed by atoms with Gasteiger partial charge in [-0.05, 0) is 30.2 Å². The Bertz CT molecular complexity index is 624. The van der Waals surface area contributed by atoms with Gasteiger partial charge in [-0.3, -0.25) is 4.79 Å². The predicted molar refractivity (Wildman–Crippen MR) is 75.6 cm³/mol. The maximum atomic E-state index is 11.0. The fourth-order valence-corrected chi connectivity index (χ4v) is 1.82. The normalized spacial score (nSPS) is 10.6. The number of carbonyl (C=O) groups excluding carboxylic acids is 1. The Morgan fingerprint density at radius 1 is 1.20 bits per heavy atom. The summed E-state index contributed by atoms with van der Waals surface area (Å²) in [5.41, 5.74) is 12.2. The van der Waals surface area contributed by atoms with Gasteiger partial charge in [0.25, 0.3) is 0 Å². The lowest BCUT2D eigenvalue weighted by molar-refractivity contribution is 0.100. The number of aromatic nitrogens is 2. The summed E-state index contributed by atoms with van der Waals surface area (Å²) >= 11 is 0. The average Bonchev–Trinajstić information content (AvgIpc) is 2.39. The molecule has 0 fully saturated rings. The van der Waals surface area contributed by atoms with E-state index in [0.29, 0.717) is 23.0 Å². The van der Waals surface area contributed by atoms with Crippen LogP contribution in [0.2, 0.25) is 0 Å². The summed E-state index contributed by atoms with van der Waals surface area (Å²) in [4.78, 5) is 19.1. The molecular formula is C14H16N4O2. The summed E-state index contributed by atoms with van der Waals surface area (Å²) in [6, 6.07) is 6.50. The van der Waals surface area contributed by atoms with Crippen LogP contribution in [-0.4, -0.2) is 15.9 Å². The van der Waals surface area contributed by atoms with Crippen molar-refractivity contribution in [2.45, 2.75) is 19.8 Å². The third-order valence-electron chi connectivity index (χ3n) is 2.81. The standard InChI is InChI=1S/C14H16N4O2/c1-8(2)11-12(15)17-7-18-14(11)20-10-5-3-9(4-6-10)13(16)19/h3-8H,1-2H3,(H2,16,19)(H2,15,17,18). The SMILES string of the molecule is CC(C)c1c(N)ncnc1Oc1ccc(C(N)=O)cc1. The highest BCUT2D eigenvalue weighted by Gasteiger charge is 2.15. The van der Waals surface area contributed by atoms with E-state index in [9.17, 15) is 4.79 Å². The maximum Gasteiger partial charge on any atom is 0.248 e. The summed E-state index contributed by atoms with van der Waals surface area (Å²) in [7, 11) is 0. The van der Waals surface area contributed by atoms with E-state index in [1.807, 2.05) is 13.8 Å². The van der Waals surface area contributed by atoms with E-state index >= 15 is 0 Å². The minimum Gasteiger partial charge on any atom is -0.439 e. The summed E-state index contributed by atoms with van der Waals surface area (Å²) in [5.74, 6) is 1.02. The van der Waals surface area contributed by atoms with Gasteiger partial charge in [-0.2, -0.15) is 0 Å². The molecule has 0 aliphatic carbocycles. The second kappa shape index (κ2) is 5.56. The smallest absolute Gasteiger partial charge is 0.248 e. The minimum atomic E-state index is -0.481. The van der Waals surface area contributed by atoms with E-state index in [1.54, 1.807) is 24.3 Å². The van der Waals surface area contributed by atoms with E-state index in [1.165, 1.54) is 6.33 Å². The Kier molecular flexibility index (Phi) is 3.84. The summed E-state index contributed by atoms with van der Waals surface area (Å²) in [6.45, 7) is 3.97. The number of hydrogen-bond acceptors (Lipinski definition) is 5. The van der Waals surface area contributed by atoms with Gasteiger partial charge in [0.15, 0.2) is 0 Å². The number of hydrogen-bond donors (Lipinski definition) is 2. The summed E-state index contributed by atoms with van der Waals surface area (Å²) in [6.07, 6.45) is 1.36. The summed E-state index contributed by atoms with van der Waals surface area (Å²) < 4.78 is 5.70. The van der Waals surface area contributed by atoms with E-state index in [0.717, 1.165) is 5.56 Å². The van der Waals surface area contributed by atoms with Crippen LogP contribution in [0.4, 0.5) is 5.82 Å². The number of nitrogens with zero attached hydrogens (tertiary/aromatic N) is 2. The Hall–Kier alpha value is -2.63. The highest BCUT2D eigenvalue weighted by Crippen LogP contribution is 2.31. The molecule has 0 saturated carbocycles. The van der Waals surface area contributed by atoms with Gasteiger partial charge in [-0.25, -0.2) is 9.97 Å². The fraction of sp³-hybridized carbons (Fsp3) is 0.214. The first kappa shape index (κ1) is 13.8. The number of ether oxygens (including phenoxy) is 1. The molecule has 1 aromatic carbocycles. The molecule has 0 bridgehead atoms. The molecule has 0 radical (unpaired) electrons. The molecule has 1 amide bonds. The number of benzene rings is 1. The van der Waals surface area contributed by atoms with Crippen LogP contribution in [0.15, 0.2) is 30.6 Å². The Morgan fingerprint density at radius 3 is 2.40 bits per heavy atom. The van der Waals surface area contributed by atoms with Gasteiger partial charge in [0.05, 0.1) is 5.56 Å². The molecular weight excluding hydrogens is 256 g/mol. The van der Waals surface area contributed by atoms with Crippen LogP contribution < -0.4 is 16.2 Å². The number of nitrogens with two attached hydrogens (primary N) is 2. The van der Waals surface area contributed by atoms with Crippen LogP contribution in [0.5, 0.6) is 11.6 Å². The molecule has 0 saturated heterocycles. The zero-order valence-electron chi connectivity index (χ0n) is 11.3. The molecule has 4 N–H and O–H groups in total. The first-order valence-corrected chi connectivity index (χ1v) is 6.17. The average molecular weight is 272 g/mol. The van der Waals surface area contributed by atoms with Crippen LogP contribution in [-0.2, 0) is 0 Å². The van der Waals surface area contributed by atoms with Crippen molar-refractivity contribution in [3.63, 3.8) is 0 Å². The highest BCUT2D eigenvalue weighted by molar-refractivity contribution is 5.92. The first-order chi connectivity index (χ1) is 9.49. The van der Waals surface area contributed by atoms with Gasteiger partial charge in [-0.15, -0.1) is 0 Å². The van der Waals surface area contributed by atoms with E-state index < -0.39 is 5.91 Å². The maximum absolute atomic E-state index is 11.0. The van der Waals surface area contributed by atoms with Gasteiger partial charge in [-0.1, -0.05) is 13.8 Å². The van der Waals surface area contributed by atoms with Crippen LogP contribution >= 0.6 is 0 Å². The second-order valence-corrected chi connectivity index (χ2v) is 4.62. The number of anilines is 1. The van der Waals surface area contributed by atoms with Crippen molar-refractivity contribution in [1.29, 1.82) is 0 Å². The molecule has 1 aromatic heterocycles. The molecule has 0 unspecified atom stereocenters. The zero-order valence-corrected chi connectivity index (χ0v) is 11.3. The molecule has 0 atom stereocenters. The van der Waals surface area contributed by atoms with Crippen molar-refractivity contribution in [3.8, 4) is 11.6 Å². The number of nitrogen functional groups attached to an aromatic ring is 1. The lowest BCUT2D eigenvalue weighted by Crippen LogP contribution is -2.10. The van der Waals surface area contributed by atoms with Crippen molar-refractivity contribution < 1.29 is 9.53 Å². The van der Waals surface area contributed by atoms with Gasteiger partial charge in [0, 0.05) is 5.56 Å². The van der Waals surface area contributed by atoms with Crippen molar-refractivity contribution >= 4 is 11.7 Å². The van der Waals surface area contributed by atoms with Crippen molar-refractivity contribution in [2.24, 2.45) is 5.73 Å². The molecule has 6 heteroatoms. The third-order valence-corrected chi connectivity index (χ3v) is 2.81. The summed E-state index contributed by atoms with van der Waals surface area (Å²) in [5, 5.41) is 0. The number of primary amides is 1. The molecule has 0 aliphatic rings. The van der Waals surface area contributed by atoms with Crippen molar-refractivity contribution in [2.75, 3.05) is 5.73 Å². The largest absolute Gasteiger partial charge is 0.439 e. The number of amides is 1. The lowest BCUT2D eigenvalue weighted by Gasteiger charge is -2.13. The molecule has 0 spiro atoms. The molecule has 0 aliphatic heterocycles. The topological polar surface area (TPSA) is 104 Å². The Morgan fingerprint density at radius 2 is 1.85 bits per heavy atom. The Labute approximate surface area is 116 Å². The monoisotopic (exact) mass is 272 g/mol.